The zero-order valence-electron chi connectivity index (χ0n) is 18.7. The van der Waals surface area contributed by atoms with Gasteiger partial charge >= 0.3 is 6.09 Å². The van der Waals surface area contributed by atoms with Gasteiger partial charge in [0.15, 0.2) is 0 Å². The lowest BCUT2D eigenvalue weighted by atomic mass is 9.86. The van der Waals surface area contributed by atoms with Crippen LogP contribution in [-0.4, -0.2) is 42.3 Å². The first kappa shape index (κ1) is 20.3. The molecule has 1 saturated heterocycles. The van der Waals surface area contributed by atoms with E-state index in [1.54, 1.807) is 12.1 Å². The maximum absolute atomic E-state index is 13.9. The molecule has 5 heteroatoms. The fraction of sp³-hybridized carbons (Fsp3) is 0.500. The largest absolute Gasteiger partial charge is 0.444 e. The second kappa shape index (κ2) is 7.54. The molecule has 3 aliphatic rings. The van der Waals surface area contributed by atoms with Crippen LogP contribution in [0.15, 0.2) is 36.4 Å². The summed E-state index contributed by atoms with van der Waals surface area (Å²) >= 11 is 0. The Bertz CT molecular complexity index is 1010. The van der Waals surface area contributed by atoms with Gasteiger partial charge in [-0.05, 0) is 93.0 Å². The molecule has 31 heavy (non-hydrogen) atoms. The quantitative estimate of drug-likeness (QED) is 0.587. The van der Waals surface area contributed by atoms with Gasteiger partial charge in [0.1, 0.15) is 11.4 Å². The standard InChI is InChI=1S/C26H31FN2O2/c1-26(2,3)31-25(30)28-12-10-23-22(16-28)21-15-19(17-8-6-9-20(27)14-17)13-18-7-4-5-11-29(23)24(18)21/h6,8-9,13-15,22-23H,4-5,7,10-12,16H2,1-3H3/t22-,23-/m0/s1. The fourth-order valence-corrected chi connectivity index (χ4v) is 5.53. The van der Waals surface area contributed by atoms with Gasteiger partial charge in [-0.1, -0.05) is 12.1 Å². The van der Waals surface area contributed by atoms with E-state index in [4.69, 9.17) is 4.74 Å². The van der Waals surface area contributed by atoms with Crippen LogP contribution in [0.4, 0.5) is 14.9 Å². The van der Waals surface area contributed by atoms with Crippen molar-refractivity contribution in [2.24, 2.45) is 0 Å². The number of piperidine rings is 1. The van der Waals surface area contributed by atoms with Crippen molar-refractivity contribution >= 4 is 11.8 Å². The van der Waals surface area contributed by atoms with Gasteiger partial charge in [-0.2, -0.15) is 0 Å². The predicted octanol–water partition coefficient (Wildman–Crippen LogP) is 5.74. The molecule has 164 valence electrons. The van der Waals surface area contributed by atoms with Crippen LogP contribution in [0.1, 0.15) is 57.1 Å². The van der Waals surface area contributed by atoms with Crippen LogP contribution >= 0.6 is 0 Å². The van der Waals surface area contributed by atoms with Crippen LogP contribution in [0.25, 0.3) is 11.1 Å². The van der Waals surface area contributed by atoms with Crippen molar-refractivity contribution < 1.29 is 13.9 Å². The summed E-state index contributed by atoms with van der Waals surface area (Å²) in [6.45, 7) is 8.21. The molecule has 1 fully saturated rings. The van der Waals surface area contributed by atoms with Gasteiger partial charge in [0, 0.05) is 37.3 Å². The van der Waals surface area contributed by atoms with Crippen LogP contribution in [0.3, 0.4) is 0 Å². The topological polar surface area (TPSA) is 32.8 Å². The Morgan fingerprint density at radius 3 is 2.71 bits per heavy atom. The van der Waals surface area contributed by atoms with Crippen LogP contribution in [0, 0.1) is 5.82 Å². The number of fused-ring (bicyclic) bond motifs is 3. The first-order valence-corrected chi connectivity index (χ1v) is 11.5. The van der Waals surface area contributed by atoms with E-state index >= 15 is 0 Å². The molecule has 0 radical (unpaired) electrons. The number of carbonyl (C=O) groups is 1. The molecule has 0 saturated carbocycles. The summed E-state index contributed by atoms with van der Waals surface area (Å²) in [6, 6.07) is 11.8. The van der Waals surface area contributed by atoms with Gasteiger partial charge in [0.2, 0.25) is 0 Å². The van der Waals surface area contributed by atoms with E-state index in [0.717, 1.165) is 37.1 Å². The highest BCUT2D eigenvalue weighted by Crippen LogP contribution is 2.49. The number of halogens is 1. The first-order valence-electron chi connectivity index (χ1n) is 11.5. The lowest BCUT2D eigenvalue weighted by Crippen LogP contribution is -2.49. The van der Waals surface area contributed by atoms with E-state index < -0.39 is 5.60 Å². The molecule has 4 nitrogen and oxygen atoms in total. The number of likely N-dealkylation sites (tertiary alicyclic amines) is 1. The van der Waals surface area contributed by atoms with Gasteiger partial charge < -0.3 is 14.5 Å². The van der Waals surface area contributed by atoms with Gasteiger partial charge in [0.05, 0.1) is 0 Å². The SMILES string of the molecule is CC(C)(C)OC(=O)N1CC[C@H]2[C@@H](C1)c1cc(-c3cccc(F)c3)cc3c1N2CCCC3. The lowest BCUT2D eigenvalue weighted by molar-refractivity contribution is 0.0189. The molecule has 3 heterocycles. The number of carbonyl (C=O) groups excluding carboxylic acids is 1. The van der Waals surface area contributed by atoms with E-state index in [1.807, 2.05) is 31.7 Å². The van der Waals surface area contributed by atoms with E-state index in [9.17, 15) is 9.18 Å². The lowest BCUT2D eigenvalue weighted by Gasteiger charge is -2.39. The van der Waals surface area contributed by atoms with Crippen molar-refractivity contribution in [3.05, 3.63) is 53.3 Å². The summed E-state index contributed by atoms with van der Waals surface area (Å²) in [5.41, 5.74) is 5.55. The zero-order chi connectivity index (χ0) is 21.8. The summed E-state index contributed by atoms with van der Waals surface area (Å²) in [4.78, 5) is 17.3. The number of amides is 1. The highest BCUT2D eigenvalue weighted by molar-refractivity contribution is 5.77. The van der Waals surface area contributed by atoms with Crippen LogP contribution in [-0.2, 0) is 11.2 Å². The second-order valence-corrected chi connectivity index (χ2v) is 10.1. The summed E-state index contributed by atoms with van der Waals surface area (Å²) < 4.78 is 19.6. The predicted molar refractivity (Wildman–Crippen MR) is 121 cm³/mol. The Kier molecular flexibility index (Phi) is 4.95. The number of rotatable bonds is 1. The third-order valence-electron chi connectivity index (χ3n) is 6.79. The van der Waals surface area contributed by atoms with Gasteiger partial charge in [-0.3, -0.25) is 0 Å². The van der Waals surface area contributed by atoms with Crippen molar-refractivity contribution in [2.75, 3.05) is 24.5 Å². The number of hydrogen-bond acceptors (Lipinski definition) is 3. The van der Waals surface area contributed by atoms with Gasteiger partial charge in [-0.25, -0.2) is 9.18 Å². The number of anilines is 1. The Morgan fingerprint density at radius 2 is 1.94 bits per heavy atom. The van der Waals surface area contributed by atoms with Crippen molar-refractivity contribution in [3.63, 3.8) is 0 Å². The Labute approximate surface area is 184 Å². The number of benzene rings is 2. The molecule has 0 aromatic heterocycles. The highest BCUT2D eigenvalue weighted by Gasteiger charge is 2.45. The molecule has 3 aliphatic heterocycles. The maximum atomic E-state index is 13.9. The fourth-order valence-electron chi connectivity index (χ4n) is 5.53. The van der Waals surface area contributed by atoms with E-state index in [1.165, 1.54) is 35.7 Å². The first-order chi connectivity index (χ1) is 14.8. The monoisotopic (exact) mass is 422 g/mol. The molecule has 1 amide bonds. The van der Waals surface area contributed by atoms with Gasteiger partial charge in [-0.15, -0.1) is 0 Å². The third-order valence-corrected chi connectivity index (χ3v) is 6.79. The minimum atomic E-state index is -0.494. The maximum Gasteiger partial charge on any atom is 0.410 e. The Hall–Kier alpha value is -2.56. The smallest absolute Gasteiger partial charge is 0.410 e. The molecule has 0 spiro atoms. The molecule has 2 aromatic carbocycles. The molecule has 5 rings (SSSR count). The van der Waals surface area contributed by atoms with Crippen molar-refractivity contribution in [3.8, 4) is 11.1 Å². The summed E-state index contributed by atoms with van der Waals surface area (Å²) in [7, 11) is 0. The van der Waals surface area contributed by atoms with E-state index in [-0.39, 0.29) is 17.8 Å². The second-order valence-electron chi connectivity index (χ2n) is 10.1. The third kappa shape index (κ3) is 3.79. The van der Waals surface area contributed by atoms with E-state index in [2.05, 4.69) is 17.0 Å². The van der Waals surface area contributed by atoms with Crippen LogP contribution < -0.4 is 4.90 Å². The average Bonchev–Trinajstić information content (AvgIpc) is 2.87. The zero-order valence-corrected chi connectivity index (χ0v) is 18.7. The Morgan fingerprint density at radius 1 is 1.10 bits per heavy atom. The molecule has 0 aliphatic carbocycles. The number of nitrogens with zero attached hydrogens (tertiary/aromatic N) is 2. The average molecular weight is 423 g/mol. The number of aryl methyl sites for hydroxylation is 1. The number of hydrogen-bond donors (Lipinski definition) is 0. The Balaban J connectivity index is 1.53. The molecular formula is C26H31FN2O2. The van der Waals surface area contributed by atoms with Crippen LogP contribution in [0.5, 0.6) is 0 Å². The molecule has 2 aromatic rings. The summed E-state index contributed by atoms with van der Waals surface area (Å²) in [5, 5.41) is 0. The summed E-state index contributed by atoms with van der Waals surface area (Å²) in [5.74, 6) is 0.0544. The molecule has 0 unspecified atom stereocenters. The molecule has 2 atom stereocenters. The minimum Gasteiger partial charge on any atom is -0.444 e. The minimum absolute atomic E-state index is 0.211. The molecule has 0 N–H and O–H groups in total. The molecule has 0 bridgehead atoms. The summed E-state index contributed by atoms with van der Waals surface area (Å²) in [6.07, 6.45) is 4.14. The van der Waals surface area contributed by atoms with Crippen molar-refractivity contribution in [2.45, 2.75) is 64.0 Å². The highest BCUT2D eigenvalue weighted by atomic mass is 19.1. The molecular weight excluding hydrogens is 391 g/mol. The van der Waals surface area contributed by atoms with E-state index in [0.29, 0.717) is 12.6 Å². The van der Waals surface area contributed by atoms with Crippen LogP contribution in [0.2, 0.25) is 0 Å². The van der Waals surface area contributed by atoms with Crippen molar-refractivity contribution in [1.29, 1.82) is 0 Å². The van der Waals surface area contributed by atoms with Crippen molar-refractivity contribution in [1.82, 2.24) is 4.90 Å². The normalized spacial score (nSPS) is 22.6. The van der Waals surface area contributed by atoms with Gasteiger partial charge in [0.25, 0.3) is 0 Å². The number of ether oxygens (including phenoxy) is 1.